The fourth-order valence-electron chi connectivity index (χ4n) is 3.96. The van der Waals surface area contributed by atoms with Gasteiger partial charge in [-0.2, -0.15) is 0 Å². The van der Waals surface area contributed by atoms with Gasteiger partial charge in [-0.1, -0.05) is 53.0 Å². The Morgan fingerprint density at radius 3 is 2.42 bits per heavy atom. The van der Waals surface area contributed by atoms with Gasteiger partial charge in [0.05, 0.1) is 21.8 Å². The van der Waals surface area contributed by atoms with Crippen LogP contribution >= 0.6 is 23.2 Å². The third-order valence-corrected chi connectivity index (χ3v) is 8.40. The summed E-state index contributed by atoms with van der Waals surface area (Å²) in [4.78, 5) is 12.8. The van der Waals surface area contributed by atoms with Gasteiger partial charge in [-0.3, -0.25) is 4.79 Å². The molecule has 3 rings (SSSR count). The highest BCUT2D eigenvalue weighted by Crippen LogP contribution is 2.27. The molecule has 5 nitrogen and oxygen atoms in total. The van der Waals surface area contributed by atoms with Crippen molar-refractivity contribution in [3.05, 3.63) is 68.7 Å². The van der Waals surface area contributed by atoms with Crippen LogP contribution in [-0.2, 0) is 20.6 Å². The Hall–Kier alpha value is -1.60. The van der Waals surface area contributed by atoms with E-state index in [0.717, 1.165) is 16.7 Å². The van der Waals surface area contributed by atoms with Crippen molar-refractivity contribution < 1.29 is 13.2 Å². The van der Waals surface area contributed by atoms with E-state index < -0.39 is 10.0 Å². The maximum absolute atomic E-state index is 12.8. The topological polar surface area (TPSA) is 66.5 Å². The molecule has 2 aromatic carbocycles. The number of nitrogens with one attached hydrogen (secondary N) is 1. The van der Waals surface area contributed by atoms with Crippen molar-refractivity contribution in [2.75, 3.05) is 13.1 Å². The lowest BCUT2D eigenvalue weighted by Gasteiger charge is -2.31. The van der Waals surface area contributed by atoms with E-state index in [2.05, 4.69) is 23.5 Å². The van der Waals surface area contributed by atoms with Crippen molar-refractivity contribution >= 4 is 39.1 Å². The number of aryl methyl sites for hydroxylation is 2. The normalized spacial score (nSPS) is 16.8. The number of halogens is 2. The summed E-state index contributed by atoms with van der Waals surface area (Å²) >= 11 is 11.9. The predicted molar refractivity (Wildman–Crippen MR) is 126 cm³/mol. The smallest absolute Gasteiger partial charge is 0.223 e. The largest absolute Gasteiger partial charge is 0.349 e. The van der Waals surface area contributed by atoms with Crippen LogP contribution in [0.4, 0.5) is 0 Å². The molecular weight excluding hydrogens is 455 g/mol. The summed E-state index contributed by atoms with van der Waals surface area (Å²) in [6, 6.07) is 11.0. The second-order valence-electron chi connectivity index (χ2n) is 8.27. The molecule has 0 radical (unpaired) electrons. The van der Waals surface area contributed by atoms with E-state index in [4.69, 9.17) is 23.2 Å². The molecule has 0 bridgehead atoms. The minimum absolute atomic E-state index is 0.0186. The number of carbonyl (C=O) groups excluding carboxylic acids is 1. The number of hydrogen-bond acceptors (Lipinski definition) is 3. The second kappa shape index (κ2) is 9.90. The number of piperidine rings is 1. The number of amides is 1. The van der Waals surface area contributed by atoms with Gasteiger partial charge in [0.2, 0.25) is 15.9 Å². The SMILES string of the molecule is Cc1ccc(C)c([C@@H](C)NC(=O)C2CCN(S(=O)(=O)Cc3ccc(Cl)c(Cl)c3)CC2)c1. The third-order valence-electron chi connectivity index (χ3n) is 5.81. The molecule has 1 saturated heterocycles. The Labute approximate surface area is 194 Å². The molecule has 1 heterocycles. The molecule has 1 N–H and O–H groups in total. The summed E-state index contributed by atoms with van der Waals surface area (Å²) < 4.78 is 27.1. The average molecular weight is 483 g/mol. The van der Waals surface area contributed by atoms with Gasteiger partial charge in [0, 0.05) is 19.0 Å². The monoisotopic (exact) mass is 482 g/mol. The van der Waals surface area contributed by atoms with Gasteiger partial charge in [-0.15, -0.1) is 0 Å². The summed E-state index contributed by atoms with van der Waals surface area (Å²) in [5.74, 6) is -0.344. The van der Waals surface area contributed by atoms with Gasteiger partial charge in [-0.25, -0.2) is 12.7 Å². The fourth-order valence-corrected chi connectivity index (χ4v) is 5.83. The van der Waals surface area contributed by atoms with E-state index in [9.17, 15) is 13.2 Å². The molecule has 1 aliphatic rings. The zero-order valence-electron chi connectivity index (χ0n) is 18.0. The average Bonchev–Trinajstić information content (AvgIpc) is 2.72. The number of hydrogen-bond donors (Lipinski definition) is 1. The predicted octanol–water partition coefficient (Wildman–Crippen LogP) is 5.03. The summed E-state index contributed by atoms with van der Waals surface area (Å²) in [6.45, 7) is 6.72. The lowest BCUT2D eigenvalue weighted by molar-refractivity contribution is -0.126. The first-order valence-corrected chi connectivity index (χ1v) is 12.7. The standard InChI is InChI=1S/C23H28Cl2N2O3S/c1-15-4-5-16(2)20(12-15)17(3)26-23(28)19-8-10-27(11-9-19)31(29,30)14-18-6-7-21(24)22(25)13-18/h4-7,12-13,17,19H,8-11,14H2,1-3H3,(H,26,28)/t17-/m1/s1. The highest BCUT2D eigenvalue weighted by Gasteiger charge is 2.31. The van der Waals surface area contributed by atoms with Crippen LogP contribution in [0.5, 0.6) is 0 Å². The van der Waals surface area contributed by atoms with Gasteiger partial charge in [0.25, 0.3) is 0 Å². The molecule has 0 aromatic heterocycles. The van der Waals surface area contributed by atoms with E-state index in [-0.39, 0.29) is 23.6 Å². The van der Waals surface area contributed by atoms with Gasteiger partial charge in [0.15, 0.2) is 0 Å². The Kier molecular flexibility index (Phi) is 7.68. The van der Waals surface area contributed by atoms with Crippen LogP contribution in [0.1, 0.15) is 48.1 Å². The summed E-state index contributed by atoms with van der Waals surface area (Å²) in [7, 11) is -3.49. The maximum Gasteiger partial charge on any atom is 0.223 e. The Morgan fingerprint density at radius 2 is 1.77 bits per heavy atom. The molecule has 1 amide bonds. The van der Waals surface area contributed by atoms with Crippen LogP contribution in [0.3, 0.4) is 0 Å². The molecule has 1 fully saturated rings. The van der Waals surface area contributed by atoms with Gasteiger partial charge in [0.1, 0.15) is 0 Å². The molecule has 8 heteroatoms. The van der Waals surface area contributed by atoms with Crippen molar-refractivity contribution in [1.29, 1.82) is 0 Å². The first-order chi connectivity index (χ1) is 14.6. The van der Waals surface area contributed by atoms with Crippen LogP contribution in [0.15, 0.2) is 36.4 Å². The molecule has 31 heavy (non-hydrogen) atoms. The molecule has 0 spiro atoms. The Balaban J connectivity index is 1.57. The first kappa shape index (κ1) is 24.1. The minimum atomic E-state index is -3.49. The zero-order valence-corrected chi connectivity index (χ0v) is 20.3. The summed E-state index contributed by atoms with van der Waals surface area (Å²) in [5, 5.41) is 3.83. The lowest BCUT2D eigenvalue weighted by Crippen LogP contribution is -2.43. The van der Waals surface area contributed by atoms with Crippen LogP contribution in [0.25, 0.3) is 0 Å². The number of sulfonamides is 1. The lowest BCUT2D eigenvalue weighted by atomic mass is 9.95. The fraction of sp³-hybridized carbons (Fsp3) is 0.435. The van der Waals surface area contributed by atoms with E-state index in [0.29, 0.717) is 41.5 Å². The number of rotatable bonds is 6. The van der Waals surface area contributed by atoms with Crippen molar-refractivity contribution in [3.63, 3.8) is 0 Å². The summed E-state index contributed by atoms with van der Waals surface area (Å²) in [5.41, 5.74) is 4.00. The van der Waals surface area contributed by atoms with E-state index in [1.807, 2.05) is 20.8 Å². The zero-order chi connectivity index (χ0) is 22.8. The van der Waals surface area contributed by atoms with Crippen LogP contribution in [-0.4, -0.2) is 31.7 Å². The molecule has 2 aromatic rings. The van der Waals surface area contributed by atoms with E-state index in [1.165, 1.54) is 4.31 Å². The number of carbonyl (C=O) groups is 1. The van der Waals surface area contributed by atoms with Crippen molar-refractivity contribution in [3.8, 4) is 0 Å². The van der Waals surface area contributed by atoms with Crippen molar-refractivity contribution in [2.24, 2.45) is 5.92 Å². The molecule has 0 unspecified atom stereocenters. The van der Waals surface area contributed by atoms with Crippen molar-refractivity contribution in [1.82, 2.24) is 9.62 Å². The quantitative estimate of drug-likeness (QED) is 0.627. The molecule has 1 aliphatic heterocycles. The molecular formula is C23H28Cl2N2O3S. The van der Waals surface area contributed by atoms with Crippen LogP contribution in [0, 0.1) is 19.8 Å². The first-order valence-electron chi connectivity index (χ1n) is 10.4. The third kappa shape index (κ3) is 6.01. The number of nitrogens with zero attached hydrogens (tertiary/aromatic N) is 1. The molecule has 168 valence electrons. The molecule has 0 saturated carbocycles. The van der Waals surface area contributed by atoms with E-state index >= 15 is 0 Å². The second-order valence-corrected chi connectivity index (χ2v) is 11.1. The van der Waals surface area contributed by atoms with Crippen LogP contribution in [0.2, 0.25) is 10.0 Å². The highest BCUT2D eigenvalue weighted by molar-refractivity contribution is 7.88. The van der Waals surface area contributed by atoms with Crippen LogP contribution < -0.4 is 5.32 Å². The Morgan fingerprint density at radius 1 is 1.10 bits per heavy atom. The number of benzene rings is 2. The molecule has 0 aliphatic carbocycles. The van der Waals surface area contributed by atoms with Gasteiger partial charge in [-0.05, 0) is 62.4 Å². The van der Waals surface area contributed by atoms with Gasteiger partial charge < -0.3 is 5.32 Å². The molecule has 1 atom stereocenters. The highest BCUT2D eigenvalue weighted by atomic mass is 35.5. The Bertz CT molecular complexity index is 1060. The van der Waals surface area contributed by atoms with E-state index in [1.54, 1.807) is 18.2 Å². The summed E-state index contributed by atoms with van der Waals surface area (Å²) in [6.07, 6.45) is 1.01. The van der Waals surface area contributed by atoms with Crippen molar-refractivity contribution in [2.45, 2.75) is 45.4 Å². The minimum Gasteiger partial charge on any atom is -0.349 e. The maximum atomic E-state index is 12.8. The van der Waals surface area contributed by atoms with Gasteiger partial charge >= 0.3 is 0 Å².